The molecule has 1 saturated carbocycles. The zero-order valence-corrected chi connectivity index (χ0v) is 12.5. The Bertz CT molecular complexity index is 418. The summed E-state index contributed by atoms with van der Waals surface area (Å²) >= 11 is 0. The van der Waals surface area contributed by atoms with Gasteiger partial charge in [-0.05, 0) is 38.6 Å². The molecule has 2 heterocycles. The third-order valence-electron chi connectivity index (χ3n) is 5.32. The molecule has 0 aromatic rings. The molecule has 9 heteroatoms. The van der Waals surface area contributed by atoms with E-state index in [1.165, 1.54) is 0 Å². The molecule has 3 fully saturated rings. The Morgan fingerprint density at radius 3 is 2.22 bits per heavy atom. The first-order valence-corrected chi connectivity index (χ1v) is 8.03. The number of alkyl halides is 6. The molecule has 0 spiro atoms. The van der Waals surface area contributed by atoms with E-state index in [1.807, 2.05) is 0 Å². The summed E-state index contributed by atoms with van der Waals surface area (Å²) in [5, 5.41) is 9.14. The number of nitrogens with one attached hydrogen (secondary N) is 3. The first-order chi connectivity index (χ1) is 10.6. The Hall–Kier alpha value is -0.540. The van der Waals surface area contributed by atoms with E-state index in [2.05, 4.69) is 16.0 Å². The monoisotopic (exact) mass is 345 g/mol. The molecule has 3 aliphatic rings. The first kappa shape index (κ1) is 17.3. The molecular weight excluding hydrogens is 324 g/mol. The van der Waals surface area contributed by atoms with Crippen molar-refractivity contribution in [1.29, 1.82) is 0 Å². The molecule has 0 radical (unpaired) electrons. The van der Waals surface area contributed by atoms with Crippen LogP contribution >= 0.6 is 0 Å². The minimum atomic E-state index is -4.62. The van der Waals surface area contributed by atoms with E-state index < -0.39 is 42.7 Å². The smallest absolute Gasteiger partial charge is 0.314 e. The van der Waals surface area contributed by atoms with Crippen LogP contribution in [0.15, 0.2) is 0 Å². The van der Waals surface area contributed by atoms with E-state index in [9.17, 15) is 26.3 Å². The zero-order chi connectivity index (χ0) is 16.8. The van der Waals surface area contributed by atoms with E-state index >= 15 is 0 Å². The maximum absolute atomic E-state index is 13.2. The molecule has 3 N–H and O–H groups in total. The highest BCUT2D eigenvalue weighted by Crippen LogP contribution is 2.47. The summed E-state index contributed by atoms with van der Waals surface area (Å²) in [5.74, 6) is -3.85. The van der Waals surface area contributed by atoms with Crippen molar-refractivity contribution in [1.82, 2.24) is 16.0 Å². The summed E-state index contributed by atoms with van der Waals surface area (Å²) in [6, 6.07) is -1.55. The molecule has 0 aromatic carbocycles. The summed E-state index contributed by atoms with van der Waals surface area (Å²) in [7, 11) is 0. The summed E-state index contributed by atoms with van der Waals surface area (Å²) in [4.78, 5) is 0. The number of hydrogen-bond donors (Lipinski definition) is 3. The third kappa shape index (κ3) is 3.76. The third-order valence-corrected chi connectivity index (χ3v) is 5.32. The minimum absolute atomic E-state index is 0.211. The van der Waals surface area contributed by atoms with Crippen molar-refractivity contribution < 1.29 is 26.3 Å². The van der Waals surface area contributed by atoms with Gasteiger partial charge >= 0.3 is 12.4 Å². The van der Waals surface area contributed by atoms with Crippen LogP contribution in [0.25, 0.3) is 0 Å². The standard InChI is InChI=1S/C14H21F6N3/c15-13(16,17)7-4-9(14(18,19)20)12-10(5-7)22-11(23-12)6-8-2-1-3-21-8/h7-12,21-23H,1-6H2/t7?,8-,9?,10?,11?,12?/m0/s1. The van der Waals surface area contributed by atoms with Crippen molar-refractivity contribution in [3.05, 3.63) is 0 Å². The molecule has 5 unspecified atom stereocenters. The number of halogens is 6. The van der Waals surface area contributed by atoms with Crippen LogP contribution in [-0.2, 0) is 0 Å². The minimum Gasteiger partial charge on any atom is -0.314 e. The number of rotatable bonds is 2. The van der Waals surface area contributed by atoms with Crippen molar-refractivity contribution in [3.8, 4) is 0 Å². The number of hydrogen-bond acceptors (Lipinski definition) is 3. The van der Waals surface area contributed by atoms with Crippen molar-refractivity contribution >= 4 is 0 Å². The molecule has 3 rings (SSSR count). The SMILES string of the molecule is FC(F)(F)C1CC2NC(C[C@@H]3CCCN3)NC2C(C(F)(F)F)C1. The fourth-order valence-electron chi connectivity index (χ4n) is 4.21. The van der Waals surface area contributed by atoms with Gasteiger partial charge in [-0.15, -0.1) is 0 Å². The quantitative estimate of drug-likeness (QED) is 0.673. The molecular formula is C14H21F6N3. The highest BCUT2D eigenvalue weighted by molar-refractivity contribution is 5.05. The lowest BCUT2D eigenvalue weighted by molar-refractivity contribution is -0.228. The lowest BCUT2D eigenvalue weighted by Gasteiger charge is -2.39. The summed E-state index contributed by atoms with van der Waals surface area (Å²) < 4.78 is 78.6. The van der Waals surface area contributed by atoms with E-state index in [0.29, 0.717) is 6.42 Å². The second-order valence-electron chi connectivity index (χ2n) is 6.91. The Morgan fingerprint density at radius 2 is 1.65 bits per heavy atom. The van der Waals surface area contributed by atoms with Gasteiger partial charge in [0.2, 0.25) is 0 Å². The van der Waals surface area contributed by atoms with Crippen molar-refractivity contribution in [2.75, 3.05) is 6.54 Å². The summed E-state index contributed by atoms with van der Waals surface area (Å²) in [5.41, 5.74) is 0. The van der Waals surface area contributed by atoms with Crippen LogP contribution in [0.1, 0.15) is 32.1 Å². The van der Waals surface area contributed by atoms with Gasteiger partial charge in [0.05, 0.1) is 18.0 Å². The van der Waals surface area contributed by atoms with E-state index in [0.717, 1.165) is 19.4 Å². The number of fused-ring (bicyclic) bond motifs is 1. The van der Waals surface area contributed by atoms with Gasteiger partial charge in [-0.3, -0.25) is 10.6 Å². The molecule has 23 heavy (non-hydrogen) atoms. The molecule has 0 bridgehead atoms. The van der Waals surface area contributed by atoms with Crippen LogP contribution in [0.4, 0.5) is 26.3 Å². The van der Waals surface area contributed by atoms with E-state index in [4.69, 9.17) is 0 Å². The van der Waals surface area contributed by atoms with Crippen LogP contribution in [0.3, 0.4) is 0 Å². The topological polar surface area (TPSA) is 36.1 Å². The van der Waals surface area contributed by atoms with Gasteiger partial charge in [-0.25, -0.2) is 0 Å². The van der Waals surface area contributed by atoms with E-state index in [1.54, 1.807) is 0 Å². The predicted molar refractivity (Wildman–Crippen MR) is 71.6 cm³/mol. The van der Waals surface area contributed by atoms with Crippen LogP contribution in [-0.4, -0.2) is 43.2 Å². The predicted octanol–water partition coefficient (Wildman–Crippen LogP) is 2.54. The molecule has 1 aliphatic carbocycles. The molecule has 3 nitrogen and oxygen atoms in total. The highest BCUT2D eigenvalue weighted by atomic mass is 19.4. The van der Waals surface area contributed by atoms with Crippen LogP contribution in [0.2, 0.25) is 0 Å². The average molecular weight is 345 g/mol. The average Bonchev–Trinajstić information content (AvgIpc) is 3.03. The van der Waals surface area contributed by atoms with Crippen molar-refractivity contribution in [2.45, 2.75) is 68.7 Å². The van der Waals surface area contributed by atoms with Crippen LogP contribution < -0.4 is 16.0 Å². The van der Waals surface area contributed by atoms with Crippen molar-refractivity contribution in [3.63, 3.8) is 0 Å². The first-order valence-electron chi connectivity index (χ1n) is 8.03. The molecule has 0 amide bonds. The lowest BCUT2D eigenvalue weighted by atomic mass is 9.75. The Kier molecular flexibility index (Phi) is 4.57. The second-order valence-corrected chi connectivity index (χ2v) is 6.91. The summed E-state index contributed by atoms with van der Waals surface area (Å²) in [6.07, 6.45) is -8.18. The summed E-state index contributed by atoms with van der Waals surface area (Å²) in [6.45, 7) is 0.881. The van der Waals surface area contributed by atoms with Crippen LogP contribution in [0.5, 0.6) is 0 Å². The maximum Gasteiger partial charge on any atom is 0.393 e. The van der Waals surface area contributed by atoms with Gasteiger partial charge in [0.25, 0.3) is 0 Å². The van der Waals surface area contributed by atoms with Gasteiger partial charge in [0.15, 0.2) is 0 Å². The van der Waals surface area contributed by atoms with Gasteiger partial charge in [-0.1, -0.05) is 0 Å². The molecule has 6 atom stereocenters. The molecule has 2 saturated heterocycles. The molecule has 2 aliphatic heterocycles. The highest BCUT2D eigenvalue weighted by Gasteiger charge is 2.58. The Balaban J connectivity index is 1.71. The van der Waals surface area contributed by atoms with Gasteiger partial charge in [0, 0.05) is 18.1 Å². The van der Waals surface area contributed by atoms with Crippen molar-refractivity contribution in [2.24, 2.45) is 11.8 Å². The van der Waals surface area contributed by atoms with Gasteiger partial charge in [0.1, 0.15) is 0 Å². The van der Waals surface area contributed by atoms with Gasteiger partial charge in [-0.2, -0.15) is 26.3 Å². The van der Waals surface area contributed by atoms with Gasteiger partial charge < -0.3 is 5.32 Å². The Morgan fingerprint density at radius 1 is 0.913 bits per heavy atom. The second kappa shape index (κ2) is 6.07. The molecule has 0 aromatic heterocycles. The lowest BCUT2D eigenvalue weighted by Crippen LogP contribution is -2.53. The molecule has 134 valence electrons. The maximum atomic E-state index is 13.2. The fraction of sp³-hybridized carbons (Fsp3) is 1.00. The largest absolute Gasteiger partial charge is 0.393 e. The van der Waals surface area contributed by atoms with Crippen LogP contribution in [0, 0.1) is 11.8 Å². The fourth-order valence-corrected chi connectivity index (χ4v) is 4.21. The zero-order valence-electron chi connectivity index (χ0n) is 12.5. The van der Waals surface area contributed by atoms with E-state index in [-0.39, 0.29) is 18.6 Å². The normalized spacial score (nSPS) is 42.0. The Labute approximate surface area is 130 Å².